The summed E-state index contributed by atoms with van der Waals surface area (Å²) >= 11 is 0. The molecule has 0 radical (unpaired) electrons. The first-order valence-corrected chi connectivity index (χ1v) is 11.1. The first-order chi connectivity index (χ1) is 16.0. The third-order valence-electron chi connectivity index (χ3n) is 5.88. The monoisotopic (exact) mass is 453 g/mol. The molecule has 1 fully saturated rings. The van der Waals surface area contributed by atoms with Crippen molar-refractivity contribution in [2.24, 2.45) is 0 Å². The van der Waals surface area contributed by atoms with Crippen molar-refractivity contribution in [3.63, 3.8) is 0 Å². The van der Waals surface area contributed by atoms with Gasteiger partial charge < -0.3 is 24.0 Å². The largest absolute Gasteiger partial charge is 0.495 e. The summed E-state index contributed by atoms with van der Waals surface area (Å²) in [7, 11) is 1.59. The highest BCUT2D eigenvalue weighted by molar-refractivity contribution is 5.77. The van der Waals surface area contributed by atoms with E-state index in [2.05, 4.69) is 27.9 Å². The summed E-state index contributed by atoms with van der Waals surface area (Å²) < 4.78 is 16.8. The highest BCUT2D eigenvalue weighted by Crippen LogP contribution is 2.34. The molecular formula is C24H31N5O4. The van der Waals surface area contributed by atoms with Gasteiger partial charge in [-0.05, 0) is 39.0 Å². The lowest BCUT2D eigenvalue weighted by atomic mass is 9.93. The van der Waals surface area contributed by atoms with E-state index in [-0.39, 0.29) is 18.6 Å². The molecular weight excluding hydrogens is 422 g/mol. The normalized spacial score (nSPS) is 15.1. The Balaban J connectivity index is 1.63. The number of methoxy groups -OCH3 is 1. The van der Waals surface area contributed by atoms with Crippen LogP contribution in [0, 0.1) is 11.3 Å². The van der Waals surface area contributed by atoms with Crippen LogP contribution in [-0.2, 0) is 19.9 Å². The number of amides is 1. The number of likely N-dealkylation sites (N-methyl/N-ethyl adjacent to an activating group) is 2. The van der Waals surface area contributed by atoms with Gasteiger partial charge in [0.05, 0.1) is 32.1 Å². The lowest BCUT2D eigenvalue weighted by Crippen LogP contribution is -2.51. The molecule has 9 nitrogen and oxygen atoms in total. The average Bonchev–Trinajstić information content (AvgIpc) is 2.82. The molecule has 2 aromatic heterocycles. The van der Waals surface area contributed by atoms with Crippen LogP contribution in [0.3, 0.4) is 0 Å². The van der Waals surface area contributed by atoms with Gasteiger partial charge in [-0.2, -0.15) is 5.26 Å². The van der Waals surface area contributed by atoms with Gasteiger partial charge in [-0.3, -0.25) is 9.78 Å². The van der Waals surface area contributed by atoms with Crippen LogP contribution in [0.1, 0.15) is 31.9 Å². The van der Waals surface area contributed by atoms with E-state index in [1.165, 1.54) is 0 Å². The maximum atomic E-state index is 13.0. The predicted molar refractivity (Wildman–Crippen MR) is 123 cm³/mol. The molecule has 1 amide bonds. The first-order valence-electron chi connectivity index (χ1n) is 11.1. The smallest absolute Gasteiger partial charge is 0.248 e. The minimum absolute atomic E-state index is 0.0305. The van der Waals surface area contributed by atoms with Crippen molar-refractivity contribution in [3.05, 3.63) is 47.9 Å². The highest BCUT2D eigenvalue weighted by atomic mass is 16.6. The fraction of sp³-hybridized carbons (Fsp3) is 0.500. The van der Waals surface area contributed by atoms with Crippen LogP contribution in [0.4, 0.5) is 5.82 Å². The second-order valence-corrected chi connectivity index (χ2v) is 7.97. The quantitative estimate of drug-likeness (QED) is 0.511. The zero-order valence-electron chi connectivity index (χ0n) is 19.7. The van der Waals surface area contributed by atoms with E-state index in [1.54, 1.807) is 36.7 Å². The molecule has 2 aromatic rings. The van der Waals surface area contributed by atoms with Crippen LogP contribution in [0.5, 0.6) is 5.75 Å². The lowest BCUT2D eigenvalue weighted by Gasteiger charge is -2.41. The molecule has 0 aliphatic carbocycles. The van der Waals surface area contributed by atoms with Crippen LogP contribution in [0.25, 0.3) is 0 Å². The lowest BCUT2D eigenvalue weighted by molar-refractivity contribution is -0.218. The fourth-order valence-electron chi connectivity index (χ4n) is 3.84. The summed E-state index contributed by atoms with van der Waals surface area (Å²) in [5.41, 5.74) is 0.663. The van der Waals surface area contributed by atoms with Gasteiger partial charge in [-0.15, -0.1) is 0 Å². The van der Waals surface area contributed by atoms with Crippen LogP contribution in [0.15, 0.2) is 36.8 Å². The zero-order valence-corrected chi connectivity index (χ0v) is 19.7. The zero-order chi connectivity index (χ0) is 23.8. The number of hydrogen-bond donors (Lipinski definition) is 0. The molecule has 1 atom stereocenters. The molecule has 0 N–H and O–H groups in total. The molecule has 176 valence electrons. The molecule has 1 aliphatic rings. The average molecular weight is 454 g/mol. The van der Waals surface area contributed by atoms with Gasteiger partial charge >= 0.3 is 0 Å². The standard InChI is InChI=1S/C24H31N5O4/c1-5-28(14-18(3)29(6-2)22-8-7-19(10-25)11-27-22)23(30)15-33-24(16-32-17-24)20-9-21(31-4)13-26-12-20/h7-9,11-13,18H,5-6,14-17H2,1-4H3. The number of carbonyl (C=O) groups is 1. The molecule has 1 saturated heterocycles. The second kappa shape index (κ2) is 11.1. The van der Waals surface area contributed by atoms with Crippen LogP contribution in [0.2, 0.25) is 0 Å². The summed E-state index contributed by atoms with van der Waals surface area (Å²) in [6, 6.07) is 7.57. The van der Waals surface area contributed by atoms with Crippen molar-refractivity contribution in [1.29, 1.82) is 5.26 Å². The second-order valence-electron chi connectivity index (χ2n) is 7.97. The molecule has 0 aromatic carbocycles. The topological polar surface area (TPSA) is 101 Å². The number of anilines is 1. The third-order valence-corrected chi connectivity index (χ3v) is 5.88. The van der Waals surface area contributed by atoms with Crippen molar-refractivity contribution in [2.45, 2.75) is 32.4 Å². The maximum absolute atomic E-state index is 13.0. The van der Waals surface area contributed by atoms with Gasteiger partial charge in [0.1, 0.15) is 29.8 Å². The van der Waals surface area contributed by atoms with Crippen LogP contribution < -0.4 is 9.64 Å². The predicted octanol–water partition coefficient (Wildman–Crippen LogP) is 2.36. The number of nitrogens with zero attached hydrogens (tertiary/aromatic N) is 5. The number of pyridine rings is 2. The highest BCUT2D eigenvalue weighted by Gasteiger charge is 2.43. The molecule has 1 aliphatic heterocycles. The van der Waals surface area contributed by atoms with Gasteiger partial charge in [0.2, 0.25) is 5.91 Å². The van der Waals surface area contributed by atoms with Crippen molar-refractivity contribution in [1.82, 2.24) is 14.9 Å². The van der Waals surface area contributed by atoms with Gasteiger partial charge in [-0.1, -0.05) is 0 Å². The van der Waals surface area contributed by atoms with Crippen molar-refractivity contribution < 1.29 is 19.0 Å². The Morgan fingerprint density at radius 2 is 2.06 bits per heavy atom. The molecule has 1 unspecified atom stereocenters. The number of carbonyl (C=O) groups excluding carboxylic acids is 1. The van der Waals surface area contributed by atoms with E-state index in [0.717, 1.165) is 17.9 Å². The van der Waals surface area contributed by atoms with Crippen molar-refractivity contribution >= 4 is 11.7 Å². The Kier molecular flexibility index (Phi) is 8.20. The van der Waals surface area contributed by atoms with E-state index < -0.39 is 5.60 Å². The number of aromatic nitrogens is 2. The fourth-order valence-corrected chi connectivity index (χ4v) is 3.84. The van der Waals surface area contributed by atoms with Gasteiger partial charge in [0, 0.05) is 43.6 Å². The Bertz CT molecular complexity index is 972. The van der Waals surface area contributed by atoms with Gasteiger partial charge in [0.25, 0.3) is 0 Å². The minimum atomic E-state index is -0.690. The Labute approximate surface area is 194 Å². The third kappa shape index (κ3) is 5.59. The van der Waals surface area contributed by atoms with E-state index in [0.29, 0.717) is 37.6 Å². The van der Waals surface area contributed by atoms with Gasteiger partial charge in [-0.25, -0.2) is 4.98 Å². The Morgan fingerprint density at radius 1 is 1.27 bits per heavy atom. The summed E-state index contributed by atoms with van der Waals surface area (Å²) in [6.45, 7) is 8.55. The summed E-state index contributed by atoms with van der Waals surface area (Å²) in [6.07, 6.45) is 4.91. The first kappa shape index (κ1) is 24.4. The van der Waals surface area contributed by atoms with E-state index >= 15 is 0 Å². The number of hydrogen-bond acceptors (Lipinski definition) is 8. The molecule has 33 heavy (non-hydrogen) atoms. The van der Waals surface area contributed by atoms with Crippen molar-refractivity contribution in [3.8, 4) is 11.8 Å². The van der Waals surface area contributed by atoms with Crippen LogP contribution in [-0.4, -0.2) is 73.4 Å². The molecule has 3 rings (SSSR count). The maximum Gasteiger partial charge on any atom is 0.248 e. The van der Waals surface area contributed by atoms with E-state index in [1.807, 2.05) is 26.0 Å². The molecule has 0 bridgehead atoms. The summed E-state index contributed by atoms with van der Waals surface area (Å²) in [4.78, 5) is 25.5. The van der Waals surface area contributed by atoms with E-state index in [4.69, 9.17) is 19.5 Å². The number of rotatable bonds is 11. The number of ether oxygens (including phenoxy) is 3. The van der Waals surface area contributed by atoms with Gasteiger partial charge in [0.15, 0.2) is 0 Å². The Morgan fingerprint density at radius 3 is 2.61 bits per heavy atom. The SMILES string of the molecule is CCN(CC(C)N(CC)c1ccc(C#N)cn1)C(=O)COC1(c2cncc(OC)c2)COC1. The molecule has 0 saturated carbocycles. The summed E-state index contributed by atoms with van der Waals surface area (Å²) in [5.74, 6) is 1.32. The molecule has 3 heterocycles. The van der Waals surface area contributed by atoms with Crippen molar-refractivity contribution in [2.75, 3.05) is 51.5 Å². The van der Waals surface area contributed by atoms with E-state index in [9.17, 15) is 4.79 Å². The molecule has 9 heteroatoms. The number of nitriles is 1. The Hall–Kier alpha value is -3.22. The summed E-state index contributed by atoms with van der Waals surface area (Å²) in [5, 5.41) is 9.00. The molecule has 0 spiro atoms. The minimum Gasteiger partial charge on any atom is -0.495 e. The van der Waals surface area contributed by atoms with Crippen LogP contribution >= 0.6 is 0 Å².